The molecule has 0 aliphatic heterocycles. The molecule has 1 aliphatic rings. The van der Waals surface area contributed by atoms with E-state index in [9.17, 15) is 0 Å². The zero-order valence-corrected chi connectivity index (χ0v) is 11.4. The van der Waals surface area contributed by atoms with Gasteiger partial charge in [-0.05, 0) is 54.6 Å². The summed E-state index contributed by atoms with van der Waals surface area (Å²) in [5.74, 6) is 3.31. The van der Waals surface area contributed by atoms with E-state index >= 15 is 0 Å². The van der Waals surface area contributed by atoms with Gasteiger partial charge in [0.05, 0.1) is 0 Å². The fourth-order valence-corrected chi connectivity index (χ4v) is 3.35. The molecule has 1 saturated carbocycles. The van der Waals surface area contributed by atoms with Crippen LogP contribution in [0.1, 0.15) is 57.1 Å². The molecule has 0 heteroatoms. The van der Waals surface area contributed by atoms with E-state index < -0.39 is 0 Å². The first-order chi connectivity index (χ1) is 8.08. The van der Waals surface area contributed by atoms with Crippen LogP contribution in [-0.2, 0) is 0 Å². The third-order valence-electron chi connectivity index (χ3n) is 4.43. The Bertz CT molecular complexity index is 347. The summed E-state index contributed by atoms with van der Waals surface area (Å²) in [5.41, 5.74) is 2.65. The van der Waals surface area contributed by atoms with E-state index in [2.05, 4.69) is 52.0 Å². The second-order valence-electron chi connectivity index (χ2n) is 6.17. The van der Waals surface area contributed by atoms with Crippen LogP contribution in [0.5, 0.6) is 0 Å². The van der Waals surface area contributed by atoms with E-state index in [4.69, 9.17) is 0 Å². The highest BCUT2D eigenvalue weighted by molar-refractivity contribution is 5.27. The minimum absolute atomic E-state index is 0.763. The van der Waals surface area contributed by atoms with Gasteiger partial charge in [0, 0.05) is 0 Å². The van der Waals surface area contributed by atoms with Crippen molar-refractivity contribution in [2.45, 2.75) is 46.0 Å². The fourth-order valence-electron chi connectivity index (χ4n) is 3.35. The minimum Gasteiger partial charge on any atom is -0.0625 e. The Morgan fingerprint density at radius 3 is 2.35 bits per heavy atom. The lowest BCUT2D eigenvalue weighted by Crippen LogP contribution is -2.26. The summed E-state index contributed by atoms with van der Waals surface area (Å²) in [5, 5.41) is 0. The summed E-state index contributed by atoms with van der Waals surface area (Å²) in [6, 6.07) is 8.90. The van der Waals surface area contributed by atoms with E-state index in [1.54, 1.807) is 0 Å². The van der Waals surface area contributed by atoms with Crippen molar-refractivity contribution in [1.29, 1.82) is 0 Å². The van der Waals surface area contributed by atoms with E-state index in [1.165, 1.54) is 24.8 Å². The summed E-state index contributed by atoms with van der Waals surface area (Å²) >= 11 is 0. The monoisotopic (exact) mass is 229 g/mol. The maximum absolute atomic E-state index is 3.98. The molecule has 2 rings (SSSR count). The van der Waals surface area contributed by atoms with Crippen LogP contribution in [0.15, 0.2) is 24.3 Å². The topological polar surface area (TPSA) is 0 Å². The van der Waals surface area contributed by atoms with Gasteiger partial charge < -0.3 is 0 Å². The van der Waals surface area contributed by atoms with Crippen LogP contribution in [0.2, 0.25) is 0 Å². The van der Waals surface area contributed by atoms with E-state index in [0.29, 0.717) is 0 Å². The molecule has 0 N–H and O–H groups in total. The number of hydrogen-bond acceptors (Lipinski definition) is 0. The van der Waals surface area contributed by atoms with Crippen molar-refractivity contribution in [2.75, 3.05) is 0 Å². The summed E-state index contributed by atoms with van der Waals surface area (Å²) in [7, 11) is 0. The third-order valence-corrected chi connectivity index (χ3v) is 4.43. The first-order valence-electron chi connectivity index (χ1n) is 7.00. The van der Waals surface area contributed by atoms with Crippen LogP contribution >= 0.6 is 0 Å². The standard InChI is InChI=1S/C17H25/c1-12(2)16-10-7-14(4)11-17(16)15-8-5-13(3)6-9-15/h5-6,8-9,12,14,16-17H,3,7,10-11H2,1-2,4H3. The molecule has 1 aromatic rings. The predicted octanol–water partition coefficient (Wildman–Crippen LogP) is 5.04. The second kappa shape index (κ2) is 5.25. The number of benzene rings is 1. The zero-order chi connectivity index (χ0) is 12.4. The lowest BCUT2D eigenvalue weighted by molar-refractivity contribution is 0.197. The Labute approximate surface area is 106 Å². The van der Waals surface area contributed by atoms with Crippen LogP contribution in [-0.4, -0.2) is 0 Å². The van der Waals surface area contributed by atoms with Gasteiger partial charge >= 0.3 is 0 Å². The van der Waals surface area contributed by atoms with Crippen molar-refractivity contribution < 1.29 is 0 Å². The van der Waals surface area contributed by atoms with Gasteiger partial charge in [0.2, 0.25) is 0 Å². The summed E-state index contributed by atoms with van der Waals surface area (Å²) in [6.45, 7) is 11.1. The molecule has 3 unspecified atom stereocenters. The molecule has 0 amide bonds. The van der Waals surface area contributed by atoms with Gasteiger partial charge in [-0.25, -0.2) is 0 Å². The molecule has 0 aromatic heterocycles. The lowest BCUT2D eigenvalue weighted by atomic mass is 9.67. The quantitative estimate of drug-likeness (QED) is 0.666. The molecule has 1 fully saturated rings. The smallest absolute Gasteiger partial charge is 0.0129 e. The molecule has 0 bridgehead atoms. The summed E-state index contributed by atoms with van der Waals surface area (Å²) < 4.78 is 0. The first-order valence-corrected chi connectivity index (χ1v) is 7.00. The average Bonchev–Trinajstić information content (AvgIpc) is 2.29. The maximum Gasteiger partial charge on any atom is -0.0129 e. The maximum atomic E-state index is 3.98. The lowest BCUT2D eigenvalue weighted by Gasteiger charge is -2.37. The Morgan fingerprint density at radius 1 is 1.12 bits per heavy atom. The van der Waals surface area contributed by atoms with Crippen LogP contribution in [0.25, 0.3) is 0 Å². The second-order valence-corrected chi connectivity index (χ2v) is 6.17. The molecule has 17 heavy (non-hydrogen) atoms. The zero-order valence-electron chi connectivity index (χ0n) is 11.4. The van der Waals surface area contributed by atoms with Crippen LogP contribution in [0, 0.1) is 24.7 Å². The molecular weight excluding hydrogens is 204 g/mol. The Hall–Kier alpha value is -0.780. The van der Waals surface area contributed by atoms with Crippen LogP contribution < -0.4 is 0 Å². The highest BCUT2D eigenvalue weighted by atomic mass is 14.4. The van der Waals surface area contributed by atoms with Crippen molar-refractivity contribution in [1.82, 2.24) is 0 Å². The summed E-state index contributed by atoms with van der Waals surface area (Å²) in [4.78, 5) is 0. The molecule has 1 radical (unpaired) electrons. The number of rotatable bonds is 2. The Balaban J connectivity index is 2.22. The van der Waals surface area contributed by atoms with Gasteiger partial charge in [0.15, 0.2) is 0 Å². The molecule has 1 aliphatic carbocycles. The molecule has 3 atom stereocenters. The summed E-state index contributed by atoms with van der Waals surface area (Å²) in [6.07, 6.45) is 4.17. The molecule has 1 aromatic carbocycles. The molecular formula is C17H25. The van der Waals surface area contributed by atoms with Gasteiger partial charge in [-0.15, -0.1) is 0 Å². The highest BCUT2D eigenvalue weighted by Crippen LogP contribution is 2.43. The van der Waals surface area contributed by atoms with Crippen LogP contribution in [0.4, 0.5) is 0 Å². The average molecular weight is 229 g/mol. The Kier molecular flexibility index (Phi) is 3.91. The number of hydrogen-bond donors (Lipinski definition) is 0. The van der Waals surface area contributed by atoms with Crippen molar-refractivity contribution in [3.63, 3.8) is 0 Å². The molecule has 0 nitrogen and oxygen atoms in total. The molecule has 0 saturated heterocycles. The Morgan fingerprint density at radius 2 is 1.76 bits per heavy atom. The van der Waals surface area contributed by atoms with Crippen molar-refractivity contribution in [2.24, 2.45) is 17.8 Å². The minimum atomic E-state index is 0.763. The largest absolute Gasteiger partial charge is 0.0625 e. The van der Waals surface area contributed by atoms with E-state index in [0.717, 1.165) is 29.2 Å². The molecule has 0 spiro atoms. The third kappa shape index (κ3) is 2.91. The SMILES string of the molecule is [CH2]c1ccc(C2CC(C)CCC2C(C)C)cc1. The van der Waals surface area contributed by atoms with Crippen molar-refractivity contribution in [3.05, 3.63) is 42.3 Å². The van der Waals surface area contributed by atoms with Crippen molar-refractivity contribution >= 4 is 0 Å². The van der Waals surface area contributed by atoms with Gasteiger partial charge in [-0.2, -0.15) is 0 Å². The fraction of sp³-hybridized carbons (Fsp3) is 0.588. The highest BCUT2D eigenvalue weighted by Gasteiger charge is 2.31. The van der Waals surface area contributed by atoms with Crippen LogP contribution in [0.3, 0.4) is 0 Å². The van der Waals surface area contributed by atoms with E-state index in [1.807, 2.05) is 0 Å². The van der Waals surface area contributed by atoms with Crippen molar-refractivity contribution in [3.8, 4) is 0 Å². The van der Waals surface area contributed by atoms with Gasteiger partial charge in [-0.3, -0.25) is 0 Å². The van der Waals surface area contributed by atoms with Gasteiger partial charge in [-0.1, -0.05) is 51.5 Å². The van der Waals surface area contributed by atoms with E-state index in [-0.39, 0.29) is 0 Å². The van der Waals surface area contributed by atoms with Gasteiger partial charge in [0.25, 0.3) is 0 Å². The van der Waals surface area contributed by atoms with Gasteiger partial charge in [0.1, 0.15) is 0 Å². The first kappa shape index (κ1) is 12.7. The predicted molar refractivity (Wildman–Crippen MR) is 75.0 cm³/mol. The normalized spacial score (nSPS) is 29.6. The molecule has 93 valence electrons. The molecule has 0 heterocycles.